The number of urea groups is 1. The van der Waals surface area contributed by atoms with E-state index in [2.05, 4.69) is 20.2 Å². The number of rotatable bonds is 10. The van der Waals surface area contributed by atoms with Crippen molar-refractivity contribution in [2.75, 3.05) is 13.2 Å². The highest BCUT2D eigenvalue weighted by Crippen LogP contribution is 2.38. The SMILES string of the molecule is CCOC(=O)CNC(=O)NCc1ccc([C@H]2O[C@@H](Cn3cnc4ccccc43)C[C@@H](c3ccc(CO)cc3)O2)cc1. The van der Waals surface area contributed by atoms with E-state index in [0.717, 1.165) is 33.3 Å². The molecule has 1 saturated heterocycles. The fraction of sp³-hybridized carbons (Fsp3) is 0.323. The number of amides is 2. The van der Waals surface area contributed by atoms with Crippen LogP contribution in [0.25, 0.3) is 11.0 Å². The fourth-order valence-corrected chi connectivity index (χ4v) is 4.81. The van der Waals surface area contributed by atoms with Gasteiger partial charge in [-0.3, -0.25) is 4.79 Å². The highest BCUT2D eigenvalue weighted by molar-refractivity contribution is 5.80. The first-order valence-corrected chi connectivity index (χ1v) is 13.7. The molecule has 1 aliphatic rings. The van der Waals surface area contributed by atoms with Crippen molar-refractivity contribution in [3.05, 3.63) is 101 Å². The smallest absolute Gasteiger partial charge is 0.325 e. The Morgan fingerprint density at radius 3 is 2.46 bits per heavy atom. The Morgan fingerprint density at radius 2 is 1.71 bits per heavy atom. The number of nitrogens with one attached hydrogen (secondary N) is 2. The summed E-state index contributed by atoms with van der Waals surface area (Å²) in [5.41, 5.74) is 5.59. The van der Waals surface area contributed by atoms with Crippen LogP contribution in [0, 0.1) is 0 Å². The molecule has 0 bridgehead atoms. The van der Waals surface area contributed by atoms with Crippen molar-refractivity contribution < 1.29 is 28.9 Å². The number of ether oxygens (including phenoxy) is 3. The molecule has 2 amide bonds. The van der Waals surface area contributed by atoms with E-state index in [1.54, 1.807) is 6.92 Å². The average molecular weight is 559 g/mol. The van der Waals surface area contributed by atoms with Gasteiger partial charge in [0.15, 0.2) is 6.29 Å². The highest BCUT2D eigenvalue weighted by Gasteiger charge is 2.32. The van der Waals surface area contributed by atoms with Gasteiger partial charge in [-0.1, -0.05) is 60.7 Å². The van der Waals surface area contributed by atoms with Gasteiger partial charge in [-0.15, -0.1) is 0 Å². The van der Waals surface area contributed by atoms with Crippen LogP contribution in [0.4, 0.5) is 4.79 Å². The lowest BCUT2D eigenvalue weighted by Crippen LogP contribution is -2.38. The van der Waals surface area contributed by atoms with E-state index >= 15 is 0 Å². The molecule has 5 rings (SSSR count). The quantitative estimate of drug-likeness (QED) is 0.250. The van der Waals surface area contributed by atoms with Crippen molar-refractivity contribution in [2.45, 2.75) is 51.5 Å². The van der Waals surface area contributed by atoms with Gasteiger partial charge < -0.3 is 34.5 Å². The van der Waals surface area contributed by atoms with Crippen LogP contribution in [-0.2, 0) is 38.7 Å². The maximum Gasteiger partial charge on any atom is 0.325 e. The van der Waals surface area contributed by atoms with Crippen molar-refractivity contribution in [1.29, 1.82) is 0 Å². The number of nitrogens with zero attached hydrogens (tertiary/aromatic N) is 2. The first kappa shape index (κ1) is 28.3. The van der Waals surface area contributed by atoms with Gasteiger partial charge >= 0.3 is 12.0 Å². The molecule has 2 heterocycles. The van der Waals surface area contributed by atoms with E-state index in [9.17, 15) is 14.7 Å². The van der Waals surface area contributed by atoms with Gasteiger partial charge in [-0.25, -0.2) is 9.78 Å². The molecule has 0 saturated carbocycles. The molecule has 214 valence electrons. The predicted octanol–water partition coefficient (Wildman–Crippen LogP) is 4.14. The van der Waals surface area contributed by atoms with Crippen LogP contribution in [0.15, 0.2) is 79.1 Å². The molecule has 1 aliphatic heterocycles. The molecule has 3 aromatic carbocycles. The van der Waals surface area contributed by atoms with Crippen molar-refractivity contribution in [3.63, 3.8) is 0 Å². The molecular weight excluding hydrogens is 524 g/mol. The largest absolute Gasteiger partial charge is 0.465 e. The van der Waals surface area contributed by atoms with Gasteiger partial charge in [0.1, 0.15) is 6.54 Å². The Balaban J connectivity index is 1.27. The Kier molecular flexibility index (Phi) is 9.25. The zero-order valence-corrected chi connectivity index (χ0v) is 22.9. The van der Waals surface area contributed by atoms with Gasteiger partial charge in [0.2, 0.25) is 0 Å². The summed E-state index contributed by atoms with van der Waals surface area (Å²) in [5.74, 6) is -0.485. The summed E-state index contributed by atoms with van der Waals surface area (Å²) in [7, 11) is 0. The number of imidazole rings is 1. The van der Waals surface area contributed by atoms with Gasteiger partial charge in [0.05, 0.1) is 49.3 Å². The summed E-state index contributed by atoms with van der Waals surface area (Å²) in [4.78, 5) is 27.9. The molecular formula is C31H34N4O6. The highest BCUT2D eigenvalue weighted by atomic mass is 16.7. The molecule has 0 aliphatic carbocycles. The molecule has 0 unspecified atom stereocenters. The molecule has 41 heavy (non-hydrogen) atoms. The minimum atomic E-state index is -0.596. The Labute approximate surface area is 238 Å². The predicted molar refractivity (Wildman–Crippen MR) is 151 cm³/mol. The van der Waals surface area contributed by atoms with Crippen LogP contribution >= 0.6 is 0 Å². The van der Waals surface area contributed by atoms with Crippen LogP contribution in [0.1, 0.15) is 48.0 Å². The zero-order valence-electron chi connectivity index (χ0n) is 22.9. The third-order valence-corrected chi connectivity index (χ3v) is 6.95. The number of aromatic nitrogens is 2. The zero-order chi connectivity index (χ0) is 28.6. The normalized spacial score (nSPS) is 18.6. The number of carbonyl (C=O) groups excluding carboxylic acids is 2. The summed E-state index contributed by atoms with van der Waals surface area (Å²) in [6, 6.07) is 23.0. The molecule has 10 nitrogen and oxygen atoms in total. The van der Waals surface area contributed by atoms with E-state index in [4.69, 9.17) is 14.2 Å². The van der Waals surface area contributed by atoms with Crippen LogP contribution < -0.4 is 10.6 Å². The standard InChI is InChI=1S/C31H34N4O6/c1-2-39-29(37)17-33-31(38)32-16-21-7-13-24(14-8-21)30-40-25(18-35-20-34-26-5-3-4-6-27(26)35)15-28(41-30)23-11-9-22(19-36)10-12-23/h3-14,20,25,28,30,36H,2,15-19H2,1H3,(H2,32,33,38)/t25-,28+,30+/m1/s1. The molecule has 1 aromatic heterocycles. The maximum atomic E-state index is 12.0. The summed E-state index contributed by atoms with van der Waals surface area (Å²) < 4.78 is 19.8. The van der Waals surface area contributed by atoms with Gasteiger partial charge in [0, 0.05) is 18.5 Å². The van der Waals surface area contributed by atoms with E-state index in [1.165, 1.54) is 0 Å². The van der Waals surface area contributed by atoms with Crippen LogP contribution in [0.5, 0.6) is 0 Å². The molecule has 3 atom stereocenters. The third-order valence-electron chi connectivity index (χ3n) is 6.95. The molecule has 3 N–H and O–H groups in total. The van der Waals surface area contributed by atoms with Crippen molar-refractivity contribution in [1.82, 2.24) is 20.2 Å². The summed E-state index contributed by atoms with van der Waals surface area (Å²) in [6.45, 7) is 2.69. The molecule has 10 heteroatoms. The van der Waals surface area contributed by atoms with Gasteiger partial charge in [0.25, 0.3) is 0 Å². The lowest BCUT2D eigenvalue weighted by Gasteiger charge is -2.36. The van der Waals surface area contributed by atoms with Crippen molar-refractivity contribution in [2.24, 2.45) is 0 Å². The van der Waals surface area contributed by atoms with Crippen LogP contribution in [0.3, 0.4) is 0 Å². The Bertz CT molecular complexity index is 1450. The first-order chi connectivity index (χ1) is 20.0. The number of hydrogen-bond donors (Lipinski definition) is 3. The number of aliphatic hydroxyl groups excluding tert-OH is 1. The first-order valence-electron chi connectivity index (χ1n) is 13.7. The lowest BCUT2D eigenvalue weighted by atomic mass is 10.00. The fourth-order valence-electron chi connectivity index (χ4n) is 4.81. The molecule has 0 radical (unpaired) electrons. The molecule has 0 spiro atoms. The number of benzene rings is 3. The monoisotopic (exact) mass is 558 g/mol. The number of aliphatic hydroxyl groups is 1. The van der Waals surface area contributed by atoms with Crippen molar-refractivity contribution >= 4 is 23.0 Å². The number of fused-ring (bicyclic) bond motifs is 1. The van der Waals surface area contributed by atoms with E-state index < -0.39 is 18.3 Å². The minimum Gasteiger partial charge on any atom is -0.465 e. The van der Waals surface area contributed by atoms with Gasteiger partial charge in [-0.05, 0) is 35.7 Å². The van der Waals surface area contributed by atoms with E-state index in [0.29, 0.717) is 13.0 Å². The average Bonchev–Trinajstić information content (AvgIpc) is 3.42. The Morgan fingerprint density at radius 1 is 0.976 bits per heavy atom. The second-order valence-electron chi connectivity index (χ2n) is 9.82. The summed E-state index contributed by atoms with van der Waals surface area (Å²) in [6.07, 6.45) is 1.56. The van der Waals surface area contributed by atoms with Gasteiger partial charge in [-0.2, -0.15) is 0 Å². The maximum absolute atomic E-state index is 12.0. The number of para-hydroxylation sites is 2. The van der Waals surface area contributed by atoms with Crippen molar-refractivity contribution in [3.8, 4) is 0 Å². The summed E-state index contributed by atoms with van der Waals surface area (Å²) in [5, 5.41) is 14.7. The van der Waals surface area contributed by atoms with E-state index in [-0.39, 0.29) is 38.5 Å². The molecule has 1 fully saturated rings. The number of hydrogen-bond acceptors (Lipinski definition) is 7. The van der Waals surface area contributed by atoms with Crippen LogP contribution in [-0.4, -0.2) is 45.9 Å². The summed E-state index contributed by atoms with van der Waals surface area (Å²) >= 11 is 0. The third kappa shape index (κ3) is 7.29. The second kappa shape index (κ2) is 13.4. The minimum absolute atomic E-state index is 0.0118. The Hall–Kier alpha value is -4.25. The van der Waals surface area contributed by atoms with Crippen LogP contribution in [0.2, 0.25) is 0 Å². The second-order valence-corrected chi connectivity index (χ2v) is 9.82. The molecule has 4 aromatic rings. The number of carbonyl (C=O) groups is 2. The topological polar surface area (TPSA) is 124 Å². The lowest BCUT2D eigenvalue weighted by molar-refractivity contribution is -0.252. The van der Waals surface area contributed by atoms with E-state index in [1.807, 2.05) is 79.1 Å². The number of esters is 1.